The smallest absolute Gasteiger partial charge is 0.126 e. The predicted octanol–water partition coefficient (Wildman–Crippen LogP) is 3.61. The van der Waals surface area contributed by atoms with Crippen molar-refractivity contribution in [1.29, 1.82) is 0 Å². The summed E-state index contributed by atoms with van der Waals surface area (Å²) in [4.78, 5) is 0. The van der Waals surface area contributed by atoms with Crippen molar-refractivity contribution in [2.75, 3.05) is 13.1 Å². The minimum absolute atomic E-state index is 0.348. The van der Waals surface area contributed by atoms with Crippen LogP contribution in [0.2, 0.25) is 0 Å². The van der Waals surface area contributed by atoms with Crippen molar-refractivity contribution in [3.8, 4) is 0 Å². The van der Waals surface area contributed by atoms with Crippen LogP contribution in [0.3, 0.4) is 0 Å². The van der Waals surface area contributed by atoms with Gasteiger partial charge in [-0.1, -0.05) is 32.4 Å². The van der Waals surface area contributed by atoms with Gasteiger partial charge in [0, 0.05) is 12.6 Å². The van der Waals surface area contributed by atoms with Crippen LogP contribution in [0.5, 0.6) is 0 Å². The molecule has 0 radical (unpaired) electrons. The number of rotatable bonds is 5. The highest BCUT2D eigenvalue weighted by Gasteiger charge is 2.04. The largest absolute Gasteiger partial charge is 0.313 e. The van der Waals surface area contributed by atoms with Gasteiger partial charge in [-0.25, -0.2) is 8.78 Å². The maximum atomic E-state index is 13.0. The summed E-state index contributed by atoms with van der Waals surface area (Å²) in [5.41, 5.74) is 1.71. The number of halogens is 2. The molecule has 0 aliphatic carbocycles. The van der Waals surface area contributed by atoms with Crippen molar-refractivity contribution in [1.82, 2.24) is 5.32 Å². The number of benzene rings is 1. The molecule has 0 aromatic heterocycles. The first-order valence-electron chi connectivity index (χ1n) is 5.90. The van der Waals surface area contributed by atoms with Crippen LogP contribution in [0.1, 0.15) is 26.3 Å². The summed E-state index contributed by atoms with van der Waals surface area (Å²) >= 11 is 0. The van der Waals surface area contributed by atoms with Crippen LogP contribution >= 0.6 is 0 Å². The fraction of sp³-hybridized carbons (Fsp3) is 0.429. The molecule has 0 atom stereocenters. The first-order valence-corrected chi connectivity index (χ1v) is 5.90. The Morgan fingerprint density at radius 1 is 1.24 bits per heavy atom. The van der Waals surface area contributed by atoms with Crippen LogP contribution in [0, 0.1) is 17.6 Å². The molecule has 0 aliphatic heterocycles. The highest BCUT2D eigenvalue weighted by molar-refractivity contribution is 5.53. The number of hydrogen-bond acceptors (Lipinski definition) is 1. The zero-order chi connectivity index (χ0) is 12.8. The molecule has 1 aromatic carbocycles. The summed E-state index contributed by atoms with van der Waals surface area (Å²) in [5, 5.41) is 3.22. The van der Waals surface area contributed by atoms with E-state index in [0.29, 0.717) is 11.5 Å². The molecule has 0 saturated carbocycles. The Morgan fingerprint density at radius 3 is 2.29 bits per heavy atom. The third-order valence-electron chi connectivity index (χ3n) is 2.56. The monoisotopic (exact) mass is 239 g/mol. The SMILES string of the molecule is CCNC/C(=C/c1cc(F)cc(F)c1)C(C)C. The van der Waals surface area contributed by atoms with E-state index in [9.17, 15) is 8.78 Å². The maximum absolute atomic E-state index is 13.0. The van der Waals surface area contributed by atoms with Gasteiger partial charge in [-0.3, -0.25) is 0 Å². The van der Waals surface area contributed by atoms with E-state index in [-0.39, 0.29) is 0 Å². The summed E-state index contributed by atoms with van der Waals surface area (Å²) in [6, 6.07) is 3.57. The fourth-order valence-corrected chi connectivity index (χ4v) is 1.56. The average molecular weight is 239 g/mol. The van der Waals surface area contributed by atoms with E-state index in [2.05, 4.69) is 19.2 Å². The van der Waals surface area contributed by atoms with Gasteiger partial charge in [0.2, 0.25) is 0 Å². The van der Waals surface area contributed by atoms with Gasteiger partial charge >= 0.3 is 0 Å². The van der Waals surface area contributed by atoms with E-state index in [1.807, 2.05) is 13.0 Å². The Morgan fingerprint density at radius 2 is 1.82 bits per heavy atom. The first kappa shape index (κ1) is 13.8. The topological polar surface area (TPSA) is 12.0 Å². The van der Waals surface area contributed by atoms with Crippen molar-refractivity contribution in [3.05, 3.63) is 41.0 Å². The second-order valence-electron chi connectivity index (χ2n) is 4.36. The zero-order valence-electron chi connectivity index (χ0n) is 10.6. The molecule has 3 heteroatoms. The van der Waals surface area contributed by atoms with Crippen LogP contribution in [-0.4, -0.2) is 13.1 Å². The van der Waals surface area contributed by atoms with Crippen molar-refractivity contribution in [2.24, 2.45) is 5.92 Å². The molecule has 0 unspecified atom stereocenters. The molecule has 1 rings (SSSR count). The lowest BCUT2D eigenvalue weighted by Gasteiger charge is -2.12. The average Bonchev–Trinajstić information content (AvgIpc) is 2.22. The summed E-state index contributed by atoms with van der Waals surface area (Å²) in [6.07, 6.45) is 1.85. The van der Waals surface area contributed by atoms with Crippen LogP contribution in [0.15, 0.2) is 23.8 Å². The molecule has 1 aromatic rings. The molecule has 1 N–H and O–H groups in total. The van der Waals surface area contributed by atoms with E-state index >= 15 is 0 Å². The number of likely N-dealkylation sites (N-methyl/N-ethyl adjacent to an activating group) is 1. The lowest BCUT2D eigenvalue weighted by molar-refractivity contribution is 0.582. The Hall–Kier alpha value is -1.22. The minimum atomic E-state index is -0.539. The Bertz CT molecular complexity index is 377. The van der Waals surface area contributed by atoms with Gasteiger partial charge in [-0.15, -0.1) is 0 Å². The minimum Gasteiger partial charge on any atom is -0.313 e. The van der Waals surface area contributed by atoms with E-state index in [1.54, 1.807) is 0 Å². The summed E-state index contributed by atoms with van der Waals surface area (Å²) in [7, 11) is 0. The highest BCUT2D eigenvalue weighted by atomic mass is 19.1. The van der Waals surface area contributed by atoms with Gasteiger partial charge in [-0.05, 0) is 30.2 Å². The molecular formula is C14H19F2N. The zero-order valence-corrected chi connectivity index (χ0v) is 10.6. The molecular weight excluding hydrogens is 220 g/mol. The molecule has 0 amide bonds. The number of hydrogen-bond donors (Lipinski definition) is 1. The summed E-state index contributed by atoms with van der Waals surface area (Å²) < 4.78 is 26.1. The second-order valence-corrected chi connectivity index (χ2v) is 4.36. The van der Waals surface area contributed by atoms with Gasteiger partial charge < -0.3 is 5.32 Å². The first-order chi connectivity index (χ1) is 8.02. The van der Waals surface area contributed by atoms with Gasteiger partial charge in [0.1, 0.15) is 11.6 Å². The Kier molecular flexibility index (Phi) is 5.29. The summed E-state index contributed by atoms with van der Waals surface area (Å²) in [5.74, 6) is -0.731. The highest BCUT2D eigenvalue weighted by Crippen LogP contribution is 2.16. The van der Waals surface area contributed by atoms with Gasteiger partial charge in [0.15, 0.2) is 0 Å². The standard InChI is InChI=1S/C14H19F2N/c1-4-17-9-12(10(2)3)5-11-6-13(15)8-14(16)7-11/h5-8,10,17H,4,9H2,1-3H3/b12-5-. The Labute approximate surface area is 102 Å². The van der Waals surface area contributed by atoms with Crippen molar-refractivity contribution in [2.45, 2.75) is 20.8 Å². The molecule has 94 valence electrons. The number of nitrogens with one attached hydrogen (secondary N) is 1. The molecule has 0 aliphatic rings. The molecule has 0 heterocycles. The second kappa shape index (κ2) is 6.50. The van der Waals surface area contributed by atoms with Crippen LogP contribution in [-0.2, 0) is 0 Å². The van der Waals surface area contributed by atoms with Crippen LogP contribution in [0.25, 0.3) is 6.08 Å². The lowest BCUT2D eigenvalue weighted by atomic mass is 10.00. The fourth-order valence-electron chi connectivity index (χ4n) is 1.56. The van der Waals surface area contributed by atoms with E-state index in [1.165, 1.54) is 12.1 Å². The lowest BCUT2D eigenvalue weighted by Crippen LogP contribution is -2.18. The van der Waals surface area contributed by atoms with Crippen molar-refractivity contribution < 1.29 is 8.78 Å². The third kappa shape index (κ3) is 4.65. The van der Waals surface area contributed by atoms with Crippen LogP contribution < -0.4 is 5.32 Å². The molecule has 0 bridgehead atoms. The van der Waals surface area contributed by atoms with E-state index in [4.69, 9.17) is 0 Å². The normalized spacial score (nSPS) is 12.2. The molecule has 0 fully saturated rings. The molecule has 0 saturated heterocycles. The molecule has 17 heavy (non-hydrogen) atoms. The van der Waals surface area contributed by atoms with Gasteiger partial charge in [-0.2, -0.15) is 0 Å². The quantitative estimate of drug-likeness (QED) is 0.827. The maximum Gasteiger partial charge on any atom is 0.126 e. The van der Waals surface area contributed by atoms with Crippen molar-refractivity contribution >= 4 is 6.08 Å². The van der Waals surface area contributed by atoms with Crippen LogP contribution in [0.4, 0.5) is 8.78 Å². The van der Waals surface area contributed by atoms with Gasteiger partial charge in [0.05, 0.1) is 0 Å². The molecule has 1 nitrogen and oxygen atoms in total. The summed E-state index contributed by atoms with van der Waals surface area (Å²) in [6.45, 7) is 7.78. The van der Waals surface area contributed by atoms with E-state index in [0.717, 1.165) is 24.7 Å². The molecule has 0 spiro atoms. The Balaban J connectivity index is 2.95. The van der Waals surface area contributed by atoms with Crippen molar-refractivity contribution in [3.63, 3.8) is 0 Å². The van der Waals surface area contributed by atoms with E-state index < -0.39 is 11.6 Å². The third-order valence-corrected chi connectivity index (χ3v) is 2.56. The van der Waals surface area contributed by atoms with Gasteiger partial charge in [0.25, 0.3) is 0 Å². The predicted molar refractivity (Wildman–Crippen MR) is 67.7 cm³/mol.